The summed E-state index contributed by atoms with van der Waals surface area (Å²) in [7, 11) is 1.68. The molecule has 0 bridgehead atoms. The number of hydrogen-bond donors (Lipinski definition) is 0. The average molecular weight is 447 g/mol. The highest BCUT2D eigenvalue weighted by atomic mass is 16.5. The summed E-state index contributed by atoms with van der Waals surface area (Å²) in [6.07, 6.45) is 0. The number of fused-ring (bicyclic) bond motifs is 1. The van der Waals surface area contributed by atoms with Crippen LogP contribution in [0.2, 0.25) is 0 Å². The third-order valence-corrected chi connectivity index (χ3v) is 6.37. The Morgan fingerprint density at radius 2 is 1.58 bits per heavy atom. The summed E-state index contributed by atoms with van der Waals surface area (Å²) in [5.74, 6) is 2.63. The Kier molecular flexibility index (Phi) is 7.74. The summed E-state index contributed by atoms with van der Waals surface area (Å²) in [5.41, 5.74) is 2.40. The molecule has 2 unspecified atom stereocenters. The van der Waals surface area contributed by atoms with E-state index >= 15 is 0 Å². The van der Waals surface area contributed by atoms with Crippen molar-refractivity contribution < 1.29 is 14.2 Å². The molecule has 33 heavy (non-hydrogen) atoms. The number of nitrogens with zero attached hydrogens (tertiary/aromatic N) is 2. The third-order valence-electron chi connectivity index (χ3n) is 6.37. The van der Waals surface area contributed by atoms with Gasteiger partial charge in [-0.25, -0.2) is 0 Å². The first kappa shape index (κ1) is 23.0. The van der Waals surface area contributed by atoms with Crippen molar-refractivity contribution in [1.29, 1.82) is 0 Å². The Hall–Kier alpha value is -3.18. The van der Waals surface area contributed by atoms with E-state index in [1.165, 1.54) is 5.56 Å². The van der Waals surface area contributed by atoms with Crippen LogP contribution in [-0.2, 0) is 0 Å². The highest BCUT2D eigenvalue weighted by molar-refractivity contribution is 5.61. The summed E-state index contributed by atoms with van der Waals surface area (Å²) in [5, 5.41) is 0. The van der Waals surface area contributed by atoms with Gasteiger partial charge >= 0.3 is 0 Å². The second-order valence-electron chi connectivity index (χ2n) is 8.22. The largest absolute Gasteiger partial charge is 0.497 e. The van der Waals surface area contributed by atoms with Gasteiger partial charge in [0.05, 0.1) is 24.9 Å². The lowest BCUT2D eigenvalue weighted by Gasteiger charge is -2.42. The summed E-state index contributed by atoms with van der Waals surface area (Å²) in [4.78, 5) is 4.97. The number of methoxy groups -OCH3 is 1. The predicted octanol–water partition coefficient (Wildman–Crippen LogP) is 5.42. The molecule has 4 rings (SSSR count). The van der Waals surface area contributed by atoms with Gasteiger partial charge in [-0.15, -0.1) is 0 Å². The summed E-state index contributed by atoms with van der Waals surface area (Å²) < 4.78 is 17.7. The molecule has 174 valence electrons. The smallest absolute Gasteiger partial charge is 0.142 e. The average Bonchev–Trinajstić information content (AvgIpc) is 2.88. The minimum absolute atomic E-state index is 0.153. The second-order valence-corrected chi connectivity index (χ2v) is 8.22. The lowest BCUT2D eigenvalue weighted by Crippen LogP contribution is -2.50. The molecule has 0 N–H and O–H groups in total. The number of hydrogen-bond acceptors (Lipinski definition) is 5. The summed E-state index contributed by atoms with van der Waals surface area (Å²) >= 11 is 0. The van der Waals surface area contributed by atoms with Gasteiger partial charge in [0.15, 0.2) is 0 Å². The van der Waals surface area contributed by atoms with Crippen LogP contribution in [0.4, 0.5) is 5.69 Å². The van der Waals surface area contributed by atoms with E-state index in [4.69, 9.17) is 14.2 Å². The standard InChI is InChI=1S/C28H34N2O3/c1-4-29(5-2)23(20-32-25-17-15-24(31-3)16-18-25)19-30-26-13-9-10-14-28(26)33-21-27(30)22-11-7-6-8-12-22/h6-18,23,27H,4-5,19-21H2,1-3H3. The van der Waals surface area contributed by atoms with Crippen molar-refractivity contribution in [3.63, 3.8) is 0 Å². The molecule has 0 saturated heterocycles. The van der Waals surface area contributed by atoms with Gasteiger partial charge in [-0.05, 0) is 55.1 Å². The fraction of sp³-hybridized carbons (Fsp3) is 0.357. The van der Waals surface area contributed by atoms with E-state index in [0.29, 0.717) is 13.2 Å². The molecule has 3 aromatic carbocycles. The van der Waals surface area contributed by atoms with E-state index in [2.05, 4.69) is 72.2 Å². The predicted molar refractivity (Wildman–Crippen MR) is 134 cm³/mol. The molecule has 5 nitrogen and oxygen atoms in total. The normalized spacial score (nSPS) is 16.1. The molecule has 0 radical (unpaired) electrons. The number of anilines is 1. The van der Waals surface area contributed by atoms with Crippen molar-refractivity contribution in [3.05, 3.63) is 84.4 Å². The quantitative estimate of drug-likeness (QED) is 0.415. The summed E-state index contributed by atoms with van der Waals surface area (Å²) in [6, 6.07) is 27.2. The first-order valence-corrected chi connectivity index (χ1v) is 11.8. The maximum atomic E-state index is 6.27. The molecule has 3 aromatic rings. The highest BCUT2D eigenvalue weighted by Gasteiger charge is 2.32. The minimum atomic E-state index is 0.153. The van der Waals surface area contributed by atoms with Crippen molar-refractivity contribution in [1.82, 2.24) is 4.90 Å². The molecule has 1 aliphatic heterocycles. The van der Waals surface area contributed by atoms with Crippen molar-refractivity contribution in [2.45, 2.75) is 25.9 Å². The maximum absolute atomic E-state index is 6.27. The van der Waals surface area contributed by atoms with Crippen molar-refractivity contribution in [2.75, 3.05) is 44.9 Å². The SMILES string of the molecule is CCN(CC)C(COc1ccc(OC)cc1)CN1c2ccccc2OCC1c1ccccc1. The van der Waals surface area contributed by atoms with E-state index < -0.39 is 0 Å². The van der Waals surface area contributed by atoms with E-state index in [9.17, 15) is 0 Å². The monoisotopic (exact) mass is 446 g/mol. The molecule has 2 atom stereocenters. The molecule has 0 aliphatic carbocycles. The Labute approximate surface area is 197 Å². The molecular weight excluding hydrogens is 412 g/mol. The van der Waals surface area contributed by atoms with Crippen LogP contribution >= 0.6 is 0 Å². The van der Waals surface area contributed by atoms with Crippen LogP contribution < -0.4 is 19.1 Å². The number of para-hydroxylation sites is 2. The van der Waals surface area contributed by atoms with Crippen LogP contribution in [-0.4, -0.2) is 50.9 Å². The maximum Gasteiger partial charge on any atom is 0.142 e. The zero-order valence-electron chi connectivity index (χ0n) is 19.8. The Bertz CT molecular complexity index is 990. The molecule has 1 aliphatic rings. The van der Waals surface area contributed by atoms with Gasteiger partial charge in [0.1, 0.15) is 30.5 Å². The lowest BCUT2D eigenvalue weighted by atomic mass is 10.0. The van der Waals surface area contributed by atoms with Gasteiger partial charge in [-0.1, -0.05) is 56.3 Å². The molecular formula is C28H34N2O3. The molecule has 5 heteroatoms. The Balaban J connectivity index is 1.60. The van der Waals surface area contributed by atoms with Gasteiger partial charge < -0.3 is 19.1 Å². The lowest BCUT2D eigenvalue weighted by molar-refractivity contribution is 0.142. The van der Waals surface area contributed by atoms with Crippen LogP contribution in [0, 0.1) is 0 Å². The van der Waals surface area contributed by atoms with Gasteiger partial charge in [0.2, 0.25) is 0 Å². The van der Waals surface area contributed by atoms with Gasteiger partial charge in [-0.2, -0.15) is 0 Å². The first-order chi connectivity index (χ1) is 16.2. The molecule has 1 heterocycles. The van der Waals surface area contributed by atoms with E-state index in [1.54, 1.807) is 7.11 Å². The third kappa shape index (κ3) is 5.42. The van der Waals surface area contributed by atoms with Crippen molar-refractivity contribution in [2.24, 2.45) is 0 Å². The minimum Gasteiger partial charge on any atom is -0.497 e. The zero-order valence-corrected chi connectivity index (χ0v) is 19.8. The van der Waals surface area contributed by atoms with Crippen LogP contribution in [0.25, 0.3) is 0 Å². The van der Waals surface area contributed by atoms with Crippen LogP contribution in [0.1, 0.15) is 25.5 Å². The molecule has 0 fully saturated rings. The molecule has 0 aromatic heterocycles. The van der Waals surface area contributed by atoms with Crippen molar-refractivity contribution in [3.8, 4) is 17.2 Å². The van der Waals surface area contributed by atoms with Gasteiger partial charge in [-0.3, -0.25) is 4.90 Å². The van der Waals surface area contributed by atoms with Crippen molar-refractivity contribution >= 4 is 5.69 Å². The molecule has 0 amide bonds. The van der Waals surface area contributed by atoms with E-state index in [1.807, 2.05) is 30.3 Å². The van der Waals surface area contributed by atoms with Crippen LogP contribution in [0.15, 0.2) is 78.9 Å². The van der Waals surface area contributed by atoms with E-state index in [0.717, 1.165) is 42.6 Å². The molecule has 0 spiro atoms. The fourth-order valence-corrected chi connectivity index (χ4v) is 4.53. The number of benzene rings is 3. The highest BCUT2D eigenvalue weighted by Crippen LogP contribution is 2.39. The number of likely N-dealkylation sites (N-methyl/N-ethyl adjacent to an activating group) is 1. The van der Waals surface area contributed by atoms with Crippen LogP contribution in [0.3, 0.4) is 0 Å². The zero-order chi connectivity index (χ0) is 23.0. The van der Waals surface area contributed by atoms with Gasteiger partial charge in [0.25, 0.3) is 0 Å². The summed E-state index contributed by atoms with van der Waals surface area (Å²) in [6.45, 7) is 8.44. The first-order valence-electron chi connectivity index (χ1n) is 11.8. The molecule has 0 saturated carbocycles. The second kappa shape index (κ2) is 11.1. The fourth-order valence-electron chi connectivity index (χ4n) is 4.53. The topological polar surface area (TPSA) is 34.2 Å². The number of ether oxygens (including phenoxy) is 3. The Morgan fingerprint density at radius 1 is 0.909 bits per heavy atom. The Morgan fingerprint density at radius 3 is 2.27 bits per heavy atom. The van der Waals surface area contributed by atoms with E-state index in [-0.39, 0.29) is 12.1 Å². The van der Waals surface area contributed by atoms with Crippen LogP contribution in [0.5, 0.6) is 17.2 Å². The van der Waals surface area contributed by atoms with Gasteiger partial charge in [0, 0.05) is 6.54 Å². The number of rotatable bonds is 10.